The van der Waals surface area contributed by atoms with Gasteiger partial charge in [0.1, 0.15) is 5.75 Å². The van der Waals surface area contributed by atoms with Gasteiger partial charge >= 0.3 is 0 Å². The van der Waals surface area contributed by atoms with Crippen molar-refractivity contribution in [3.05, 3.63) is 59.2 Å². The molecule has 0 saturated carbocycles. The number of aryl methyl sites for hydroxylation is 2. The minimum atomic E-state index is -0.0879. The Morgan fingerprint density at radius 2 is 1.65 bits per heavy atom. The molecular weight excluding hydrogens is 288 g/mol. The second-order valence-corrected chi connectivity index (χ2v) is 6.14. The molecule has 4 nitrogen and oxygen atoms in total. The Labute approximate surface area is 137 Å². The number of rotatable bonds is 2. The van der Waals surface area contributed by atoms with Crippen molar-refractivity contribution >= 4 is 11.6 Å². The van der Waals surface area contributed by atoms with Gasteiger partial charge < -0.3 is 14.9 Å². The summed E-state index contributed by atoms with van der Waals surface area (Å²) < 4.78 is 0. The Morgan fingerprint density at radius 1 is 0.957 bits per heavy atom. The number of phenolic OH excluding ortho intramolecular Hbond substituents is 1. The van der Waals surface area contributed by atoms with Crippen LogP contribution < -0.4 is 4.90 Å². The highest BCUT2D eigenvalue weighted by Gasteiger charge is 2.24. The van der Waals surface area contributed by atoms with E-state index in [1.54, 1.807) is 12.1 Å². The van der Waals surface area contributed by atoms with Gasteiger partial charge in [0.2, 0.25) is 0 Å². The number of carbonyl (C=O) groups is 1. The largest absolute Gasteiger partial charge is 0.507 e. The Hall–Kier alpha value is -2.49. The maximum absolute atomic E-state index is 12.6. The van der Waals surface area contributed by atoms with Crippen LogP contribution in [-0.4, -0.2) is 42.1 Å². The Balaban J connectivity index is 1.69. The van der Waals surface area contributed by atoms with E-state index in [9.17, 15) is 9.90 Å². The average molecular weight is 310 g/mol. The van der Waals surface area contributed by atoms with Gasteiger partial charge in [-0.2, -0.15) is 0 Å². The van der Waals surface area contributed by atoms with Crippen LogP contribution in [0.3, 0.4) is 0 Å². The SMILES string of the molecule is Cc1cccc(N2CCN(C(=O)c3cc(C)ccc3O)CC2)c1. The number of amides is 1. The molecule has 1 N–H and O–H groups in total. The van der Waals surface area contributed by atoms with Crippen LogP contribution in [0.5, 0.6) is 5.75 Å². The van der Waals surface area contributed by atoms with Gasteiger partial charge in [-0.05, 0) is 43.7 Å². The van der Waals surface area contributed by atoms with Gasteiger partial charge in [0, 0.05) is 31.9 Å². The van der Waals surface area contributed by atoms with Gasteiger partial charge in [-0.15, -0.1) is 0 Å². The van der Waals surface area contributed by atoms with Crippen LogP contribution in [0.4, 0.5) is 5.69 Å². The average Bonchev–Trinajstić information content (AvgIpc) is 2.56. The lowest BCUT2D eigenvalue weighted by Gasteiger charge is -2.36. The van der Waals surface area contributed by atoms with Crippen molar-refractivity contribution in [2.45, 2.75) is 13.8 Å². The number of aromatic hydroxyl groups is 1. The predicted octanol–water partition coefficient (Wildman–Crippen LogP) is 2.97. The highest BCUT2D eigenvalue weighted by molar-refractivity contribution is 5.97. The quantitative estimate of drug-likeness (QED) is 0.927. The number of nitrogens with zero attached hydrogens (tertiary/aromatic N) is 2. The monoisotopic (exact) mass is 310 g/mol. The summed E-state index contributed by atoms with van der Waals surface area (Å²) in [5.74, 6) is -0.0307. The normalized spacial score (nSPS) is 14.9. The molecule has 4 heteroatoms. The van der Waals surface area contributed by atoms with E-state index in [0.717, 1.165) is 18.7 Å². The first-order valence-corrected chi connectivity index (χ1v) is 7.95. The van der Waals surface area contributed by atoms with E-state index in [4.69, 9.17) is 0 Å². The summed E-state index contributed by atoms with van der Waals surface area (Å²) >= 11 is 0. The zero-order valence-corrected chi connectivity index (χ0v) is 13.6. The minimum Gasteiger partial charge on any atom is -0.507 e. The summed E-state index contributed by atoms with van der Waals surface area (Å²) in [6, 6.07) is 13.6. The smallest absolute Gasteiger partial charge is 0.257 e. The van der Waals surface area contributed by atoms with Gasteiger partial charge in [-0.3, -0.25) is 4.79 Å². The molecule has 0 bridgehead atoms. The highest BCUT2D eigenvalue weighted by atomic mass is 16.3. The van der Waals surface area contributed by atoms with Crippen molar-refractivity contribution in [3.63, 3.8) is 0 Å². The molecule has 2 aromatic carbocycles. The van der Waals surface area contributed by atoms with Crippen LogP contribution >= 0.6 is 0 Å². The highest BCUT2D eigenvalue weighted by Crippen LogP contribution is 2.22. The van der Waals surface area contributed by atoms with Crippen LogP contribution in [0.1, 0.15) is 21.5 Å². The van der Waals surface area contributed by atoms with E-state index in [-0.39, 0.29) is 11.7 Å². The number of carbonyl (C=O) groups excluding carboxylic acids is 1. The summed E-state index contributed by atoms with van der Waals surface area (Å²) in [5.41, 5.74) is 3.82. The fourth-order valence-corrected chi connectivity index (χ4v) is 2.98. The lowest BCUT2D eigenvalue weighted by Crippen LogP contribution is -2.48. The van der Waals surface area contributed by atoms with Crippen LogP contribution in [-0.2, 0) is 0 Å². The van der Waals surface area contributed by atoms with Crippen LogP contribution in [0.25, 0.3) is 0 Å². The van der Waals surface area contributed by atoms with Gasteiger partial charge in [0.15, 0.2) is 0 Å². The lowest BCUT2D eigenvalue weighted by molar-refractivity contribution is 0.0743. The fraction of sp³-hybridized carbons (Fsp3) is 0.316. The van der Waals surface area contributed by atoms with Crippen molar-refractivity contribution < 1.29 is 9.90 Å². The van der Waals surface area contributed by atoms with E-state index in [0.29, 0.717) is 18.7 Å². The maximum atomic E-state index is 12.6. The van der Waals surface area contributed by atoms with Crippen molar-refractivity contribution in [1.29, 1.82) is 0 Å². The standard InChI is InChI=1S/C19H22N2O2/c1-14-4-3-5-16(12-14)20-8-10-21(11-9-20)19(23)17-13-15(2)6-7-18(17)22/h3-7,12-13,22H,8-11H2,1-2H3. The zero-order chi connectivity index (χ0) is 16.4. The van der Waals surface area contributed by atoms with Crippen molar-refractivity contribution in [1.82, 2.24) is 4.90 Å². The third-order valence-electron chi connectivity index (χ3n) is 4.32. The first-order valence-electron chi connectivity index (χ1n) is 7.95. The molecular formula is C19H22N2O2. The molecule has 2 aromatic rings. The first kappa shape index (κ1) is 15.4. The summed E-state index contributed by atoms with van der Waals surface area (Å²) in [7, 11) is 0. The number of benzene rings is 2. The molecule has 1 heterocycles. The summed E-state index contributed by atoms with van der Waals surface area (Å²) in [5, 5.41) is 9.94. The van der Waals surface area contributed by atoms with Crippen LogP contribution in [0.15, 0.2) is 42.5 Å². The summed E-state index contributed by atoms with van der Waals surface area (Å²) in [6.45, 7) is 6.96. The molecule has 0 unspecified atom stereocenters. The van der Waals surface area contributed by atoms with E-state index in [1.165, 1.54) is 11.3 Å². The molecule has 1 amide bonds. The Kier molecular flexibility index (Phi) is 4.24. The summed E-state index contributed by atoms with van der Waals surface area (Å²) in [6.07, 6.45) is 0. The second kappa shape index (κ2) is 6.32. The van der Waals surface area contributed by atoms with Gasteiger partial charge in [0.05, 0.1) is 5.56 Å². The van der Waals surface area contributed by atoms with Crippen LogP contribution in [0, 0.1) is 13.8 Å². The first-order chi connectivity index (χ1) is 11.0. The molecule has 0 spiro atoms. The topological polar surface area (TPSA) is 43.8 Å². The number of anilines is 1. The fourth-order valence-electron chi connectivity index (χ4n) is 2.98. The van der Waals surface area contributed by atoms with E-state index in [1.807, 2.05) is 17.9 Å². The molecule has 23 heavy (non-hydrogen) atoms. The number of hydrogen-bond donors (Lipinski definition) is 1. The minimum absolute atomic E-state index is 0.0571. The number of hydrogen-bond acceptors (Lipinski definition) is 3. The van der Waals surface area contributed by atoms with Gasteiger partial charge in [-0.25, -0.2) is 0 Å². The van der Waals surface area contributed by atoms with E-state index >= 15 is 0 Å². The molecule has 120 valence electrons. The number of phenols is 1. The zero-order valence-electron chi connectivity index (χ0n) is 13.6. The third kappa shape index (κ3) is 3.31. The molecule has 1 fully saturated rings. The Bertz CT molecular complexity index is 719. The lowest BCUT2D eigenvalue weighted by atomic mass is 10.1. The molecule has 1 aliphatic heterocycles. The molecule has 0 aromatic heterocycles. The molecule has 1 saturated heterocycles. The van der Waals surface area contributed by atoms with Crippen molar-refractivity contribution in [2.24, 2.45) is 0 Å². The molecule has 3 rings (SSSR count). The van der Waals surface area contributed by atoms with Gasteiger partial charge in [0.25, 0.3) is 5.91 Å². The Morgan fingerprint density at radius 3 is 2.35 bits per heavy atom. The number of piperazine rings is 1. The van der Waals surface area contributed by atoms with Crippen molar-refractivity contribution in [3.8, 4) is 5.75 Å². The molecule has 1 aliphatic rings. The maximum Gasteiger partial charge on any atom is 0.257 e. The summed E-state index contributed by atoms with van der Waals surface area (Å²) in [4.78, 5) is 16.7. The predicted molar refractivity (Wildman–Crippen MR) is 92.1 cm³/mol. The molecule has 0 radical (unpaired) electrons. The molecule has 0 aliphatic carbocycles. The van der Waals surface area contributed by atoms with E-state index in [2.05, 4.69) is 36.1 Å². The molecule has 0 atom stereocenters. The third-order valence-corrected chi connectivity index (χ3v) is 4.32. The second-order valence-electron chi connectivity index (χ2n) is 6.14. The van der Waals surface area contributed by atoms with Crippen LogP contribution in [0.2, 0.25) is 0 Å². The van der Waals surface area contributed by atoms with Crippen molar-refractivity contribution in [2.75, 3.05) is 31.1 Å². The van der Waals surface area contributed by atoms with Gasteiger partial charge in [-0.1, -0.05) is 23.8 Å². The van der Waals surface area contributed by atoms with E-state index < -0.39 is 0 Å².